The smallest absolute Gasteiger partial charge is 0.123 e. The highest BCUT2D eigenvalue weighted by molar-refractivity contribution is 4.98. The molecule has 2 rings (SSSR count). The molecule has 4 nitrogen and oxygen atoms in total. The summed E-state index contributed by atoms with van der Waals surface area (Å²) in [4.78, 5) is 6.82. The maximum Gasteiger partial charge on any atom is 0.123 e. The molecule has 0 aromatic carbocycles. The average Bonchev–Trinajstić information content (AvgIpc) is 2.85. The number of hydrogen-bond donors (Lipinski definition) is 1. The summed E-state index contributed by atoms with van der Waals surface area (Å²) in [7, 11) is 0. The number of aliphatic hydroxyl groups is 1. The van der Waals surface area contributed by atoms with Crippen LogP contribution in [-0.2, 0) is 6.54 Å². The maximum absolute atomic E-state index is 10.2. The van der Waals surface area contributed by atoms with Gasteiger partial charge in [0, 0.05) is 24.5 Å². The fourth-order valence-corrected chi connectivity index (χ4v) is 2.93. The van der Waals surface area contributed by atoms with E-state index in [0.29, 0.717) is 6.04 Å². The predicted molar refractivity (Wildman–Crippen MR) is 72.3 cm³/mol. The third kappa shape index (κ3) is 2.75. The molecular weight excluding hydrogens is 226 g/mol. The molecule has 1 N–H and O–H groups in total. The Bertz CT molecular complexity index is 392. The van der Waals surface area contributed by atoms with Crippen LogP contribution in [-0.4, -0.2) is 37.7 Å². The van der Waals surface area contributed by atoms with E-state index in [1.165, 1.54) is 0 Å². The van der Waals surface area contributed by atoms with Crippen LogP contribution < -0.4 is 0 Å². The molecule has 0 amide bonds. The van der Waals surface area contributed by atoms with E-state index in [0.717, 1.165) is 31.8 Å². The molecule has 18 heavy (non-hydrogen) atoms. The summed E-state index contributed by atoms with van der Waals surface area (Å²) in [6.45, 7) is 10.0. The van der Waals surface area contributed by atoms with E-state index in [-0.39, 0.29) is 6.04 Å². The van der Waals surface area contributed by atoms with Crippen molar-refractivity contribution in [2.45, 2.75) is 64.8 Å². The van der Waals surface area contributed by atoms with E-state index in [4.69, 9.17) is 0 Å². The van der Waals surface area contributed by atoms with Crippen LogP contribution in [0.4, 0.5) is 0 Å². The number of likely N-dealkylation sites (tertiary alicyclic amines) is 1. The van der Waals surface area contributed by atoms with Crippen molar-refractivity contribution in [3.8, 4) is 0 Å². The highest BCUT2D eigenvalue weighted by Gasteiger charge is 2.36. The van der Waals surface area contributed by atoms with Gasteiger partial charge in [-0.2, -0.15) is 0 Å². The summed E-state index contributed by atoms with van der Waals surface area (Å²) < 4.78 is 2.21. The lowest BCUT2D eigenvalue weighted by molar-refractivity contribution is -0.00610. The second-order valence-corrected chi connectivity index (χ2v) is 6.13. The fourth-order valence-electron chi connectivity index (χ4n) is 2.93. The van der Waals surface area contributed by atoms with Gasteiger partial charge in [0.1, 0.15) is 5.82 Å². The number of rotatable bonds is 4. The molecule has 0 radical (unpaired) electrons. The Morgan fingerprint density at radius 1 is 1.50 bits per heavy atom. The van der Waals surface area contributed by atoms with Gasteiger partial charge < -0.3 is 9.67 Å². The largest absolute Gasteiger partial charge is 0.389 e. The lowest BCUT2D eigenvalue weighted by Crippen LogP contribution is -2.45. The SMILES string of the molecule is CC(C)n1ccnc1CN1CCC[C@H]1C(C)(C)O. The predicted octanol–water partition coefficient (Wildman–Crippen LogP) is 2.20. The molecule has 0 spiro atoms. The highest BCUT2D eigenvalue weighted by Crippen LogP contribution is 2.28. The summed E-state index contributed by atoms with van der Waals surface area (Å²) in [5.41, 5.74) is -0.633. The molecule has 4 heteroatoms. The first kappa shape index (κ1) is 13.6. The highest BCUT2D eigenvalue weighted by atomic mass is 16.3. The molecule has 1 fully saturated rings. The number of hydrogen-bond acceptors (Lipinski definition) is 3. The van der Waals surface area contributed by atoms with Crippen molar-refractivity contribution in [2.24, 2.45) is 0 Å². The van der Waals surface area contributed by atoms with Crippen LogP contribution in [0.25, 0.3) is 0 Å². The van der Waals surface area contributed by atoms with Gasteiger partial charge in [-0.15, -0.1) is 0 Å². The topological polar surface area (TPSA) is 41.3 Å². The van der Waals surface area contributed by atoms with Crippen molar-refractivity contribution >= 4 is 0 Å². The van der Waals surface area contributed by atoms with Crippen LogP contribution >= 0.6 is 0 Å². The Balaban J connectivity index is 2.11. The van der Waals surface area contributed by atoms with Gasteiger partial charge in [-0.3, -0.25) is 4.90 Å². The first-order valence-electron chi connectivity index (χ1n) is 6.87. The Morgan fingerprint density at radius 3 is 2.83 bits per heavy atom. The molecule has 0 saturated carbocycles. The van der Waals surface area contributed by atoms with E-state index in [1.807, 2.05) is 26.2 Å². The Labute approximate surface area is 110 Å². The van der Waals surface area contributed by atoms with Gasteiger partial charge in [-0.25, -0.2) is 4.98 Å². The van der Waals surface area contributed by atoms with E-state index < -0.39 is 5.60 Å². The van der Waals surface area contributed by atoms with Gasteiger partial charge in [0.25, 0.3) is 0 Å². The summed E-state index contributed by atoms with van der Waals surface area (Å²) in [5.74, 6) is 1.10. The molecule has 0 aliphatic carbocycles. The monoisotopic (exact) mass is 251 g/mol. The van der Waals surface area contributed by atoms with Gasteiger partial charge in [0.2, 0.25) is 0 Å². The zero-order chi connectivity index (χ0) is 13.3. The minimum Gasteiger partial charge on any atom is -0.389 e. The van der Waals surface area contributed by atoms with E-state index in [9.17, 15) is 5.11 Å². The summed E-state index contributed by atoms with van der Waals surface area (Å²) in [6, 6.07) is 0.681. The zero-order valence-electron chi connectivity index (χ0n) is 11.9. The summed E-state index contributed by atoms with van der Waals surface area (Å²) in [5, 5.41) is 10.2. The van der Waals surface area contributed by atoms with Crippen molar-refractivity contribution in [3.05, 3.63) is 18.2 Å². The van der Waals surface area contributed by atoms with Crippen LogP contribution in [0, 0.1) is 0 Å². The third-order valence-electron chi connectivity index (χ3n) is 3.83. The quantitative estimate of drug-likeness (QED) is 0.892. The Kier molecular flexibility index (Phi) is 3.78. The average molecular weight is 251 g/mol. The van der Waals surface area contributed by atoms with E-state index in [1.54, 1.807) is 0 Å². The van der Waals surface area contributed by atoms with Crippen LogP contribution in [0.5, 0.6) is 0 Å². The molecule has 1 aromatic rings. The van der Waals surface area contributed by atoms with E-state index in [2.05, 4.69) is 28.3 Å². The lowest BCUT2D eigenvalue weighted by Gasteiger charge is -2.33. The second-order valence-electron chi connectivity index (χ2n) is 6.13. The Hall–Kier alpha value is -0.870. The molecule has 102 valence electrons. The van der Waals surface area contributed by atoms with Crippen molar-refractivity contribution in [1.82, 2.24) is 14.5 Å². The van der Waals surface area contributed by atoms with Gasteiger partial charge in [0.15, 0.2) is 0 Å². The van der Waals surface area contributed by atoms with Crippen molar-refractivity contribution in [2.75, 3.05) is 6.54 Å². The van der Waals surface area contributed by atoms with Gasteiger partial charge in [0.05, 0.1) is 12.1 Å². The number of imidazole rings is 1. The molecule has 1 aromatic heterocycles. The third-order valence-corrected chi connectivity index (χ3v) is 3.83. The molecule has 1 saturated heterocycles. The Morgan fingerprint density at radius 2 is 2.22 bits per heavy atom. The lowest BCUT2D eigenvalue weighted by atomic mass is 9.97. The summed E-state index contributed by atoms with van der Waals surface area (Å²) >= 11 is 0. The van der Waals surface area contributed by atoms with Crippen molar-refractivity contribution in [1.29, 1.82) is 0 Å². The normalized spacial score (nSPS) is 22.0. The minimum absolute atomic E-state index is 0.245. The first-order valence-corrected chi connectivity index (χ1v) is 6.87. The van der Waals surface area contributed by atoms with Gasteiger partial charge >= 0.3 is 0 Å². The van der Waals surface area contributed by atoms with Crippen molar-refractivity contribution < 1.29 is 5.11 Å². The van der Waals surface area contributed by atoms with Crippen LogP contribution in [0.1, 0.15) is 52.4 Å². The molecular formula is C14H25N3O. The number of nitrogens with zero attached hydrogens (tertiary/aromatic N) is 3. The molecule has 1 aliphatic heterocycles. The number of aromatic nitrogens is 2. The molecule has 0 unspecified atom stereocenters. The first-order chi connectivity index (χ1) is 8.39. The molecule has 1 aliphatic rings. The molecule has 2 heterocycles. The fraction of sp³-hybridized carbons (Fsp3) is 0.786. The second kappa shape index (κ2) is 5.02. The van der Waals surface area contributed by atoms with E-state index >= 15 is 0 Å². The maximum atomic E-state index is 10.2. The van der Waals surface area contributed by atoms with Crippen molar-refractivity contribution in [3.63, 3.8) is 0 Å². The minimum atomic E-state index is -0.633. The van der Waals surface area contributed by atoms with Crippen LogP contribution in [0.3, 0.4) is 0 Å². The van der Waals surface area contributed by atoms with Crippen LogP contribution in [0.15, 0.2) is 12.4 Å². The van der Waals surface area contributed by atoms with Gasteiger partial charge in [-0.05, 0) is 47.1 Å². The standard InChI is InChI=1S/C14H25N3O/c1-11(2)17-9-7-15-13(17)10-16-8-5-6-12(16)14(3,4)18/h7,9,11-12,18H,5-6,8,10H2,1-4H3/t12-/m0/s1. The molecule has 1 atom stereocenters. The zero-order valence-corrected chi connectivity index (χ0v) is 11.9. The van der Waals surface area contributed by atoms with Crippen LogP contribution in [0.2, 0.25) is 0 Å². The summed E-state index contributed by atoms with van der Waals surface area (Å²) in [6.07, 6.45) is 6.14. The van der Waals surface area contributed by atoms with Gasteiger partial charge in [-0.1, -0.05) is 0 Å². The molecule has 0 bridgehead atoms.